The van der Waals surface area contributed by atoms with Crippen molar-refractivity contribution in [2.45, 2.75) is 33.3 Å². The van der Waals surface area contributed by atoms with Crippen LogP contribution in [0, 0.1) is 5.41 Å². The van der Waals surface area contributed by atoms with E-state index >= 15 is 0 Å². The van der Waals surface area contributed by atoms with Crippen LogP contribution in [-0.4, -0.2) is 33.6 Å². The first-order chi connectivity index (χ1) is 15.6. The van der Waals surface area contributed by atoms with Gasteiger partial charge in [0, 0.05) is 0 Å². The number of thioether (sulfide) groups is 1. The average molecular weight is 449 g/mol. The lowest BCUT2D eigenvalue weighted by Crippen LogP contribution is -2.35. The topological polar surface area (TPSA) is 87.3 Å². The quantitative estimate of drug-likeness (QED) is 0.569. The van der Waals surface area contributed by atoms with Crippen molar-refractivity contribution in [3.63, 3.8) is 0 Å². The number of rotatable bonds is 8. The Morgan fingerprint density at radius 3 is 2.66 bits per heavy atom. The number of nitrogens with one attached hydrogen (secondary N) is 1. The number of fused-ring (bicyclic) bond motifs is 1. The molecule has 0 spiro atoms. The van der Waals surface area contributed by atoms with Crippen LogP contribution in [0.25, 0.3) is 6.08 Å². The van der Waals surface area contributed by atoms with Crippen molar-refractivity contribution in [2.75, 3.05) is 6.61 Å². The van der Waals surface area contributed by atoms with Crippen LogP contribution >= 0.6 is 11.8 Å². The van der Waals surface area contributed by atoms with Gasteiger partial charge in [-0.2, -0.15) is 15.1 Å². The minimum Gasteiger partial charge on any atom is -0.490 e. The number of carbonyl (C=O) groups excluding carboxylic acids is 1. The molecule has 2 heterocycles. The highest BCUT2D eigenvalue weighted by atomic mass is 32.2. The molecule has 0 saturated heterocycles. The van der Waals surface area contributed by atoms with Crippen molar-refractivity contribution in [1.29, 1.82) is 5.41 Å². The number of amides is 1. The largest absolute Gasteiger partial charge is 0.490 e. The molecular formula is C24H24N4O3S. The van der Waals surface area contributed by atoms with Gasteiger partial charge in [-0.15, -0.1) is 0 Å². The predicted molar refractivity (Wildman–Crippen MR) is 128 cm³/mol. The van der Waals surface area contributed by atoms with Gasteiger partial charge in [0.25, 0.3) is 5.91 Å². The first-order valence-corrected chi connectivity index (χ1v) is 11.3. The van der Waals surface area contributed by atoms with Crippen molar-refractivity contribution in [3.8, 4) is 11.5 Å². The van der Waals surface area contributed by atoms with Crippen molar-refractivity contribution in [1.82, 2.24) is 5.01 Å². The summed E-state index contributed by atoms with van der Waals surface area (Å²) in [5.41, 5.74) is 1.97. The Morgan fingerprint density at radius 1 is 1.09 bits per heavy atom. The zero-order valence-corrected chi connectivity index (χ0v) is 18.8. The van der Waals surface area contributed by atoms with Crippen LogP contribution in [0.15, 0.2) is 64.2 Å². The Balaban J connectivity index is 1.57. The molecule has 32 heavy (non-hydrogen) atoms. The molecule has 2 aliphatic heterocycles. The number of ether oxygens (including phenoxy) is 2. The molecule has 0 unspecified atom stereocenters. The smallest absolute Gasteiger partial charge is 0.283 e. The van der Waals surface area contributed by atoms with Gasteiger partial charge in [-0.05, 0) is 60.9 Å². The molecule has 0 bridgehead atoms. The number of carbonyl (C=O) groups is 1. The molecule has 0 aromatic heterocycles. The highest BCUT2D eigenvalue weighted by Crippen LogP contribution is 2.32. The fraction of sp³-hybridized carbons (Fsp3) is 0.250. The van der Waals surface area contributed by atoms with Gasteiger partial charge in [0.05, 0.1) is 12.2 Å². The number of hydrazone groups is 1. The second kappa shape index (κ2) is 9.82. The van der Waals surface area contributed by atoms with Gasteiger partial charge in [-0.3, -0.25) is 10.2 Å². The summed E-state index contributed by atoms with van der Waals surface area (Å²) in [6.45, 7) is 4.86. The van der Waals surface area contributed by atoms with Crippen LogP contribution in [0.5, 0.6) is 11.5 Å². The molecule has 0 radical (unpaired) electrons. The zero-order valence-electron chi connectivity index (χ0n) is 18.0. The molecule has 0 atom stereocenters. The van der Waals surface area contributed by atoms with E-state index in [1.807, 2.05) is 49.4 Å². The van der Waals surface area contributed by atoms with E-state index in [1.165, 1.54) is 16.8 Å². The maximum Gasteiger partial charge on any atom is 0.283 e. The van der Waals surface area contributed by atoms with Crippen molar-refractivity contribution < 1.29 is 14.3 Å². The van der Waals surface area contributed by atoms with E-state index in [9.17, 15) is 4.79 Å². The van der Waals surface area contributed by atoms with Gasteiger partial charge in [-0.1, -0.05) is 43.3 Å². The molecule has 0 aliphatic carbocycles. The summed E-state index contributed by atoms with van der Waals surface area (Å²) in [5.74, 6) is 0.787. The number of hydrogen-bond donors (Lipinski definition) is 1. The van der Waals surface area contributed by atoms with E-state index in [0.29, 0.717) is 29.9 Å². The third kappa shape index (κ3) is 4.75. The van der Waals surface area contributed by atoms with Crippen LogP contribution < -0.4 is 9.47 Å². The lowest BCUT2D eigenvalue weighted by molar-refractivity contribution is -0.114. The van der Waals surface area contributed by atoms with E-state index in [4.69, 9.17) is 14.9 Å². The van der Waals surface area contributed by atoms with Gasteiger partial charge >= 0.3 is 0 Å². The summed E-state index contributed by atoms with van der Waals surface area (Å²) in [6.07, 6.45) is 3.38. The van der Waals surface area contributed by atoms with E-state index in [0.717, 1.165) is 29.0 Å². The first-order valence-electron chi connectivity index (χ1n) is 10.5. The summed E-state index contributed by atoms with van der Waals surface area (Å²) in [4.78, 5) is 16.7. The summed E-state index contributed by atoms with van der Waals surface area (Å²) in [5, 5.41) is 15.7. The predicted octanol–water partition coefficient (Wildman–Crippen LogP) is 5.08. The van der Waals surface area contributed by atoms with Gasteiger partial charge in [0.1, 0.15) is 11.7 Å². The summed E-state index contributed by atoms with van der Waals surface area (Å²) < 4.78 is 11.7. The summed E-state index contributed by atoms with van der Waals surface area (Å²) in [6, 6.07) is 15.4. The number of nitrogens with zero attached hydrogens (tertiary/aromatic N) is 3. The second-order valence-electron chi connectivity index (χ2n) is 7.18. The maximum atomic E-state index is 12.6. The number of benzene rings is 2. The molecule has 2 aliphatic rings. The first kappa shape index (κ1) is 21.8. The average Bonchev–Trinajstić information content (AvgIpc) is 3.20. The molecule has 0 fully saturated rings. The molecule has 1 amide bonds. The molecule has 2 aromatic carbocycles. The van der Waals surface area contributed by atoms with Crippen molar-refractivity contribution in [3.05, 3.63) is 65.2 Å². The summed E-state index contributed by atoms with van der Waals surface area (Å²) in [7, 11) is 0. The highest BCUT2D eigenvalue weighted by molar-refractivity contribution is 8.26. The lowest BCUT2D eigenvalue weighted by atomic mass is 10.1. The Kier molecular flexibility index (Phi) is 6.70. The monoisotopic (exact) mass is 448 g/mol. The molecule has 8 heteroatoms. The second-order valence-corrected chi connectivity index (χ2v) is 8.22. The SMILES string of the molecule is CCCC1=NN2C(=N)C(=Cc3ccc(OCc4ccccc4)c(OCC)c3)C(=O)N=C2S1. The number of hydrogen-bond acceptors (Lipinski definition) is 6. The van der Waals surface area contributed by atoms with Gasteiger partial charge < -0.3 is 9.47 Å². The van der Waals surface area contributed by atoms with E-state index < -0.39 is 5.91 Å². The van der Waals surface area contributed by atoms with Crippen LogP contribution in [0.4, 0.5) is 0 Å². The maximum absolute atomic E-state index is 12.6. The summed E-state index contributed by atoms with van der Waals surface area (Å²) >= 11 is 1.35. The van der Waals surface area contributed by atoms with E-state index in [2.05, 4.69) is 17.0 Å². The van der Waals surface area contributed by atoms with Gasteiger partial charge in [0.15, 0.2) is 17.3 Å². The number of amidine groups is 2. The lowest BCUT2D eigenvalue weighted by Gasteiger charge is -2.20. The molecule has 4 rings (SSSR count). The standard InChI is InChI=1S/C24H24N4O3S/c1-3-8-21-27-28-22(25)18(23(29)26-24(28)32-21)13-17-11-12-19(20(14-17)30-4-2)31-15-16-9-6-5-7-10-16/h5-7,9-14,25H,3-4,8,15H2,1-2H3. The van der Waals surface area contributed by atoms with Crippen LogP contribution in [0.2, 0.25) is 0 Å². The van der Waals surface area contributed by atoms with Crippen LogP contribution in [0.3, 0.4) is 0 Å². The normalized spacial score (nSPS) is 16.7. The molecular weight excluding hydrogens is 424 g/mol. The Labute approximate surface area is 191 Å². The van der Waals surface area contributed by atoms with Crippen LogP contribution in [0.1, 0.15) is 37.8 Å². The molecule has 7 nitrogen and oxygen atoms in total. The van der Waals surface area contributed by atoms with Crippen molar-refractivity contribution >= 4 is 39.8 Å². The fourth-order valence-electron chi connectivity index (χ4n) is 3.25. The van der Waals surface area contributed by atoms with Crippen molar-refractivity contribution in [2.24, 2.45) is 10.1 Å². The van der Waals surface area contributed by atoms with Gasteiger partial charge in [0.2, 0.25) is 5.17 Å². The Morgan fingerprint density at radius 2 is 1.91 bits per heavy atom. The third-order valence-corrected chi connectivity index (χ3v) is 5.74. The van der Waals surface area contributed by atoms with E-state index in [-0.39, 0.29) is 11.4 Å². The third-order valence-electron chi connectivity index (χ3n) is 4.78. The molecule has 1 N–H and O–H groups in total. The zero-order chi connectivity index (χ0) is 22.5. The van der Waals surface area contributed by atoms with Crippen LogP contribution in [-0.2, 0) is 11.4 Å². The number of aliphatic imine (C=N–C) groups is 1. The molecule has 2 aromatic rings. The molecule has 164 valence electrons. The Hall–Kier alpha value is -3.39. The fourth-order valence-corrected chi connectivity index (χ4v) is 4.24. The van der Waals surface area contributed by atoms with E-state index in [1.54, 1.807) is 12.1 Å². The van der Waals surface area contributed by atoms with Gasteiger partial charge in [-0.25, -0.2) is 0 Å². The highest BCUT2D eigenvalue weighted by Gasteiger charge is 2.35. The molecule has 0 saturated carbocycles. The minimum atomic E-state index is -0.441. The Bertz CT molecular complexity index is 1130. The minimum absolute atomic E-state index is 0.0287.